The van der Waals surface area contributed by atoms with Crippen LogP contribution in [-0.2, 0) is 11.3 Å². The molecule has 8 nitrogen and oxygen atoms in total. The highest BCUT2D eigenvalue weighted by Gasteiger charge is 2.25. The van der Waals surface area contributed by atoms with E-state index in [0.29, 0.717) is 10.4 Å². The van der Waals surface area contributed by atoms with Crippen molar-refractivity contribution in [2.75, 3.05) is 4.90 Å². The lowest BCUT2D eigenvalue weighted by molar-refractivity contribution is -0.117. The van der Waals surface area contributed by atoms with Crippen LogP contribution in [-0.4, -0.2) is 37.6 Å². The van der Waals surface area contributed by atoms with Crippen molar-refractivity contribution in [3.05, 3.63) is 40.3 Å². The molecule has 1 heterocycles. The number of hydrogen-bond acceptors (Lipinski definition) is 5. The van der Waals surface area contributed by atoms with Gasteiger partial charge in [-0.25, -0.2) is 9.59 Å². The van der Waals surface area contributed by atoms with Gasteiger partial charge in [0.2, 0.25) is 0 Å². The van der Waals surface area contributed by atoms with Crippen LogP contribution in [0.2, 0.25) is 0 Å². The molecular weight excluding hydrogens is 298 g/mol. The summed E-state index contributed by atoms with van der Waals surface area (Å²) in [7, 11) is 0. The number of ketones is 1. The van der Waals surface area contributed by atoms with E-state index in [0.717, 1.165) is 10.2 Å². The minimum Gasteiger partial charge on any atom is -0.298 e. The molecule has 0 aliphatic heterocycles. The maximum Gasteiger partial charge on any atom is 0.372 e. The van der Waals surface area contributed by atoms with Crippen LogP contribution < -0.4 is 10.6 Å². The first-order chi connectivity index (χ1) is 10.8. The number of hydrogen-bond donors (Lipinski definition) is 0. The van der Waals surface area contributed by atoms with Crippen LogP contribution in [0.4, 0.5) is 10.5 Å². The molecule has 0 N–H and O–H groups in total. The fourth-order valence-corrected chi connectivity index (χ4v) is 2.14. The molecule has 1 amide bonds. The number of anilines is 1. The minimum atomic E-state index is -0.733. The van der Waals surface area contributed by atoms with E-state index >= 15 is 0 Å². The number of Topliss-reactive ketones (excluding diaryl/α,β-unsaturated/α-hetero) is 1. The van der Waals surface area contributed by atoms with Crippen molar-refractivity contribution < 1.29 is 9.59 Å². The molecule has 0 spiro atoms. The molecule has 2 aromatic rings. The second-order valence-corrected chi connectivity index (χ2v) is 5.61. The highest BCUT2D eigenvalue weighted by Crippen LogP contribution is 2.18. The summed E-state index contributed by atoms with van der Waals surface area (Å²) in [5, 5.41) is 7.16. The zero-order valence-electron chi connectivity index (χ0n) is 13.6. The van der Waals surface area contributed by atoms with Crippen LogP contribution in [0.1, 0.15) is 26.3 Å². The highest BCUT2D eigenvalue weighted by molar-refractivity contribution is 5.93. The Balaban J connectivity index is 2.39. The Hall–Kier alpha value is -2.77. The van der Waals surface area contributed by atoms with E-state index in [4.69, 9.17) is 0 Å². The molecular formula is C15H19N5O3. The number of carbonyl (C=O) groups is 2. The van der Waals surface area contributed by atoms with E-state index in [-0.39, 0.29) is 18.4 Å². The smallest absolute Gasteiger partial charge is 0.298 e. The van der Waals surface area contributed by atoms with Crippen LogP contribution in [0.25, 0.3) is 0 Å². The fraction of sp³-hybridized carbons (Fsp3) is 0.400. The number of carbonyl (C=O) groups excluding carboxylic acids is 2. The van der Waals surface area contributed by atoms with Crippen molar-refractivity contribution in [3.8, 4) is 0 Å². The first-order valence-corrected chi connectivity index (χ1v) is 7.23. The van der Waals surface area contributed by atoms with E-state index in [1.165, 1.54) is 11.8 Å². The Morgan fingerprint density at radius 1 is 1.17 bits per heavy atom. The lowest BCUT2D eigenvalue weighted by Gasteiger charge is -2.25. The molecule has 0 saturated carbocycles. The van der Waals surface area contributed by atoms with Crippen LogP contribution in [0.5, 0.6) is 0 Å². The molecule has 122 valence electrons. The molecule has 1 aromatic heterocycles. The number of tetrazole rings is 1. The van der Waals surface area contributed by atoms with Crippen molar-refractivity contribution in [1.82, 2.24) is 19.8 Å². The van der Waals surface area contributed by atoms with E-state index in [9.17, 15) is 14.4 Å². The average molecular weight is 317 g/mol. The Morgan fingerprint density at radius 3 is 2.30 bits per heavy atom. The van der Waals surface area contributed by atoms with Gasteiger partial charge in [0.05, 0.1) is 0 Å². The molecule has 0 radical (unpaired) electrons. The molecule has 2 rings (SSSR count). The predicted octanol–water partition coefficient (Wildman–Crippen LogP) is 1.22. The molecule has 0 aliphatic carbocycles. The molecule has 0 unspecified atom stereocenters. The van der Waals surface area contributed by atoms with Gasteiger partial charge in [-0.3, -0.25) is 9.69 Å². The quantitative estimate of drug-likeness (QED) is 0.791. The molecule has 1 aromatic carbocycles. The number of nitrogens with zero attached hydrogens (tertiary/aromatic N) is 5. The Kier molecular flexibility index (Phi) is 4.73. The van der Waals surface area contributed by atoms with E-state index in [1.807, 2.05) is 32.9 Å². The SMILES string of the molecule is CC(=O)Cn1nnn(C(=O)N(c2ccc(C)cc2)C(C)C)c1=O. The van der Waals surface area contributed by atoms with Gasteiger partial charge < -0.3 is 0 Å². The topological polar surface area (TPSA) is 90.1 Å². The second kappa shape index (κ2) is 6.55. The molecule has 0 saturated heterocycles. The second-order valence-electron chi connectivity index (χ2n) is 5.61. The molecule has 0 atom stereocenters. The maximum atomic E-state index is 12.7. The number of aryl methyl sites for hydroxylation is 1. The number of amides is 1. The van der Waals surface area contributed by atoms with Crippen LogP contribution in [0, 0.1) is 6.92 Å². The largest absolute Gasteiger partial charge is 0.372 e. The summed E-state index contributed by atoms with van der Waals surface area (Å²) in [5.74, 6) is -0.245. The molecule has 0 aliphatic rings. The predicted molar refractivity (Wildman–Crippen MR) is 84.6 cm³/mol. The Labute approximate surface area is 133 Å². The number of rotatable bonds is 4. The van der Waals surface area contributed by atoms with Crippen molar-refractivity contribution in [3.63, 3.8) is 0 Å². The molecule has 23 heavy (non-hydrogen) atoms. The normalized spacial score (nSPS) is 10.8. The van der Waals surface area contributed by atoms with Gasteiger partial charge in [0.1, 0.15) is 6.54 Å². The number of aromatic nitrogens is 4. The van der Waals surface area contributed by atoms with E-state index in [1.54, 1.807) is 12.1 Å². The van der Waals surface area contributed by atoms with Gasteiger partial charge in [0.25, 0.3) is 0 Å². The average Bonchev–Trinajstić information content (AvgIpc) is 2.81. The summed E-state index contributed by atoms with van der Waals surface area (Å²) >= 11 is 0. The van der Waals surface area contributed by atoms with Gasteiger partial charge in [-0.1, -0.05) is 17.7 Å². The zero-order chi connectivity index (χ0) is 17.1. The molecule has 0 bridgehead atoms. The van der Waals surface area contributed by atoms with Crippen molar-refractivity contribution in [2.45, 2.75) is 40.3 Å². The summed E-state index contributed by atoms with van der Waals surface area (Å²) in [6.07, 6.45) is 0. The fourth-order valence-electron chi connectivity index (χ4n) is 2.14. The first-order valence-electron chi connectivity index (χ1n) is 7.23. The molecule has 8 heteroatoms. The van der Waals surface area contributed by atoms with Crippen LogP contribution in [0.15, 0.2) is 29.1 Å². The van der Waals surface area contributed by atoms with Crippen LogP contribution >= 0.6 is 0 Å². The van der Waals surface area contributed by atoms with E-state index in [2.05, 4.69) is 10.4 Å². The van der Waals surface area contributed by atoms with E-state index < -0.39 is 11.7 Å². The van der Waals surface area contributed by atoms with Crippen molar-refractivity contribution in [2.24, 2.45) is 0 Å². The lowest BCUT2D eigenvalue weighted by Crippen LogP contribution is -2.45. The number of benzene rings is 1. The van der Waals surface area contributed by atoms with Crippen molar-refractivity contribution >= 4 is 17.5 Å². The summed E-state index contributed by atoms with van der Waals surface area (Å²) in [4.78, 5) is 37.4. The van der Waals surface area contributed by atoms with Gasteiger partial charge in [-0.15, -0.1) is 4.68 Å². The first kappa shape index (κ1) is 16.6. The lowest BCUT2D eigenvalue weighted by atomic mass is 10.2. The minimum absolute atomic E-state index is 0.185. The Morgan fingerprint density at radius 2 is 1.78 bits per heavy atom. The van der Waals surface area contributed by atoms with Crippen LogP contribution in [0.3, 0.4) is 0 Å². The third-order valence-corrected chi connectivity index (χ3v) is 3.23. The monoisotopic (exact) mass is 317 g/mol. The summed E-state index contributed by atoms with van der Waals surface area (Å²) in [5.41, 5.74) is 0.987. The van der Waals surface area contributed by atoms with Gasteiger partial charge in [0.15, 0.2) is 5.78 Å². The van der Waals surface area contributed by atoms with Gasteiger partial charge >= 0.3 is 11.7 Å². The van der Waals surface area contributed by atoms with Gasteiger partial charge in [-0.05, 0) is 50.3 Å². The summed E-state index contributed by atoms with van der Waals surface area (Å²) in [6, 6.07) is 6.58. The maximum absolute atomic E-state index is 12.7. The molecule has 0 fully saturated rings. The Bertz CT molecular complexity index is 773. The third-order valence-electron chi connectivity index (χ3n) is 3.23. The zero-order valence-corrected chi connectivity index (χ0v) is 13.6. The summed E-state index contributed by atoms with van der Waals surface area (Å²) < 4.78 is 1.54. The highest BCUT2D eigenvalue weighted by atomic mass is 16.2. The third kappa shape index (κ3) is 3.53. The summed E-state index contributed by atoms with van der Waals surface area (Å²) in [6.45, 7) is 6.74. The standard InChI is InChI=1S/C15H19N5O3/c1-10(2)19(13-7-5-11(3)6-8-13)15(23)20-14(22)18(16-17-20)9-12(4)21/h5-8,10H,9H2,1-4H3. The van der Waals surface area contributed by atoms with Gasteiger partial charge in [0, 0.05) is 11.7 Å². The van der Waals surface area contributed by atoms with Gasteiger partial charge in [-0.2, -0.15) is 4.68 Å². The van der Waals surface area contributed by atoms with Crippen molar-refractivity contribution in [1.29, 1.82) is 0 Å².